The molecule has 0 bridgehead atoms. The van der Waals surface area contributed by atoms with Gasteiger partial charge in [-0.25, -0.2) is 9.67 Å². The number of nitrogens with one attached hydrogen (secondary N) is 2. The molecule has 0 aliphatic carbocycles. The zero-order valence-electron chi connectivity index (χ0n) is 17.0. The highest BCUT2D eigenvalue weighted by Gasteiger charge is 2.25. The third-order valence-electron chi connectivity index (χ3n) is 5.15. The van der Waals surface area contributed by atoms with E-state index in [1.807, 2.05) is 29.8 Å². The molecule has 1 aliphatic rings. The first-order valence-corrected chi connectivity index (χ1v) is 10.3. The first kappa shape index (κ1) is 19.2. The van der Waals surface area contributed by atoms with Crippen LogP contribution in [0.2, 0.25) is 0 Å². The smallest absolute Gasteiger partial charge is 0.192 e. The summed E-state index contributed by atoms with van der Waals surface area (Å²) >= 11 is 0. The van der Waals surface area contributed by atoms with Gasteiger partial charge in [-0.2, -0.15) is 5.10 Å². The summed E-state index contributed by atoms with van der Waals surface area (Å²) in [6, 6.07) is 14.5. The summed E-state index contributed by atoms with van der Waals surface area (Å²) in [5.74, 6) is 3.53. The van der Waals surface area contributed by atoms with Crippen molar-refractivity contribution in [2.45, 2.75) is 51.7 Å². The topological polar surface area (TPSA) is 80.3 Å². The summed E-state index contributed by atoms with van der Waals surface area (Å²) in [5.41, 5.74) is 1.22. The van der Waals surface area contributed by atoms with Crippen molar-refractivity contribution in [2.24, 2.45) is 4.99 Å². The molecular weight excluding hydrogens is 364 g/mol. The number of furan rings is 1. The van der Waals surface area contributed by atoms with Gasteiger partial charge < -0.3 is 15.1 Å². The second-order valence-electron chi connectivity index (χ2n) is 7.42. The van der Waals surface area contributed by atoms with Gasteiger partial charge >= 0.3 is 0 Å². The number of fused-ring (bicyclic) bond motifs is 1. The van der Waals surface area contributed by atoms with Crippen LogP contribution in [-0.4, -0.2) is 27.3 Å². The van der Waals surface area contributed by atoms with E-state index >= 15 is 0 Å². The highest BCUT2D eigenvalue weighted by atomic mass is 16.3. The molecule has 0 saturated carbocycles. The van der Waals surface area contributed by atoms with Crippen LogP contribution < -0.4 is 10.6 Å². The van der Waals surface area contributed by atoms with E-state index in [2.05, 4.69) is 51.9 Å². The standard InChI is InChI=1S/C22H28N6O/c1-16(18-8-4-3-5-9-18)24-22(23-13-12-19-10-7-15-29-19)26-20-11-6-14-28-21(20)25-17(2)27-28/h3-5,7-10,15-16,20H,6,11-14H2,1-2H3,(H2,23,24,26). The number of guanidine groups is 1. The number of hydrogen-bond donors (Lipinski definition) is 2. The van der Waals surface area contributed by atoms with Gasteiger partial charge in [0.1, 0.15) is 17.4 Å². The number of nitrogens with zero attached hydrogens (tertiary/aromatic N) is 4. The average molecular weight is 393 g/mol. The molecule has 152 valence electrons. The van der Waals surface area contributed by atoms with E-state index in [1.165, 1.54) is 5.56 Å². The Bertz CT molecular complexity index is 932. The van der Waals surface area contributed by atoms with Gasteiger partial charge in [-0.1, -0.05) is 30.3 Å². The molecule has 0 radical (unpaired) electrons. The molecule has 2 aromatic heterocycles. The molecule has 7 nitrogen and oxygen atoms in total. The largest absolute Gasteiger partial charge is 0.469 e. The van der Waals surface area contributed by atoms with Crippen LogP contribution in [0.25, 0.3) is 0 Å². The Morgan fingerprint density at radius 3 is 2.93 bits per heavy atom. The van der Waals surface area contributed by atoms with Crippen molar-refractivity contribution in [3.8, 4) is 0 Å². The fraction of sp³-hybridized carbons (Fsp3) is 0.409. The molecule has 2 N–H and O–H groups in total. The lowest BCUT2D eigenvalue weighted by Crippen LogP contribution is -2.42. The maximum Gasteiger partial charge on any atom is 0.192 e. The summed E-state index contributed by atoms with van der Waals surface area (Å²) in [6.07, 6.45) is 4.54. The highest BCUT2D eigenvalue weighted by molar-refractivity contribution is 5.80. The van der Waals surface area contributed by atoms with Gasteiger partial charge in [0, 0.05) is 19.5 Å². The van der Waals surface area contributed by atoms with E-state index in [1.54, 1.807) is 6.26 Å². The van der Waals surface area contributed by atoms with E-state index in [4.69, 9.17) is 9.41 Å². The van der Waals surface area contributed by atoms with Gasteiger partial charge in [-0.05, 0) is 44.4 Å². The van der Waals surface area contributed by atoms with Crippen molar-refractivity contribution < 1.29 is 4.42 Å². The minimum Gasteiger partial charge on any atom is -0.469 e. The van der Waals surface area contributed by atoms with Crippen molar-refractivity contribution in [1.29, 1.82) is 0 Å². The maximum absolute atomic E-state index is 5.43. The molecule has 0 amide bonds. The first-order chi connectivity index (χ1) is 14.2. The highest BCUT2D eigenvalue weighted by Crippen LogP contribution is 2.23. The second kappa shape index (κ2) is 8.94. The van der Waals surface area contributed by atoms with E-state index in [0.717, 1.165) is 49.2 Å². The number of rotatable bonds is 6. The van der Waals surface area contributed by atoms with Crippen LogP contribution in [0.15, 0.2) is 58.1 Å². The van der Waals surface area contributed by atoms with Crippen molar-refractivity contribution in [3.05, 3.63) is 71.7 Å². The minimum absolute atomic E-state index is 0.0998. The van der Waals surface area contributed by atoms with E-state index < -0.39 is 0 Å². The van der Waals surface area contributed by atoms with Crippen molar-refractivity contribution in [3.63, 3.8) is 0 Å². The molecular formula is C22H28N6O. The van der Waals surface area contributed by atoms with Gasteiger partial charge in [0.15, 0.2) is 5.96 Å². The monoisotopic (exact) mass is 392 g/mol. The molecule has 1 aromatic carbocycles. The molecule has 4 rings (SSSR count). The predicted octanol–water partition coefficient (Wildman–Crippen LogP) is 3.55. The van der Waals surface area contributed by atoms with Crippen molar-refractivity contribution >= 4 is 5.96 Å². The molecule has 1 aliphatic heterocycles. The van der Waals surface area contributed by atoms with Gasteiger partial charge in [0.25, 0.3) is 0 Å². The first-order valence-electron chi connectivity index (χ1n) is 10.3. The Hall–Kier alpha value is -3.09. The summed E-state index contributed by atoms with van der Waals surface area (Å²) in [7, 11) is 0. The molecule has 0 saturated heterocycles. The lowest BCUT2D eigenvalue weighted by Gasteiger charge is -2.26. The van der Waals surface area contributed by atoms with Crippen LogP contribution in [0, 0.1) is 6.92 Å². The molecule has 7 heteroatoms. The minimum atomic E-state index is 0.0998. The van der Waals surface area contributed by atoms with E-state index in [9.17, 15) is 0 Å². The number of aromatic nitrogens is 3. The lowest BCUT2D eigenvalue weighted by molar-refractivity contribution is 0.396. The summed E-state index contributed by atoms with van der Waals surface area (Å²) in [4.78, 5) is 9.45. The summed E-state index contributed by atoms with van der Waals surface area (Å²) in [6.45, 7) is 5.65. The zero-order chi connectivity index (χ0) is 20.1. The van der Waals surface area contributed by atoms with Crippen LogP contribution in [0.5, 0.6) is 0 Å². The number of hydrogen-bond acceptors (Lipinski definition) is 4. The van der Waals surface area contributed by atoms with E-state index in [0.29, 0.717) is 6.54 Å². The van der Waals surface area contributed by atoms with Crippen molar-refractivity contribution in [1.82, 2.24) is 25.4 Å². The zero-order valence-corrected chi connectivity index (χ0v) is 17.0. The molecule has 29 heavy (non-hydrogen) atoms. The Labute approximate surface area is 171 Å². The number of aryl methyl sites for hydroxylation is 2. The number of benzene rings is 1. The molecule has 3 heterocycles. The molecule has 2 unspecified atom stereocenters. The third kappa shape index (κ3) is 4.85. The fourth-order valence-electron chi connectivity index (χ4n) is 3.67. The Morgan fingerprint density at radius 1 is 1.28 bits per heavy atom. The summed E-state index contributed by atoms with van der Waals surface area (Å²) < 4.78 is 7.44. The molecule has 3 aromatic rings. The van der Waals surface area contributed by atoms with Crippen molar-refractivity contribution in [2.75, 3.05) is 6.54 Å². The summed E-state index contributed by atoms with van der Waals surface area (Å²) in [5, 5.41) is 11.6. The van der Waals surface area contributed by atoms with Crippen LogP contribution in [0.4, 0.5) is 0 Å². The van der Waals surface area contributed by atoms with Gasteiger partial charge in [-0.15, -0.1) is 0 Å². The Balaban J connectivity index is 1.49. The van der Waals surface area contributed by atoms with Crippen LogP contribution in [0.1, 0.15) is 54.8 Å². The van der Waals surface area contributed by atoms with Gasteiger partial charge in [0.05, 0.1) is 18.3 Å². The second-order valence-corrected chi connectivity index (χ2v) is 7.42. The Morgan fingerprint density at radius 2 is 2.14 bits per heavy atom. The molecule has 2 atom stereocenters. The van der Waals surface area contributed by atoms with Crippen LogP contribution in [0.3, 0.4) is 0 Å². The van der Waals surface area contributed by atoms with Crippen LogP contribution >= 0.6 is 0 Å². The normalized spacial score (nSPS) is 17.6. The third-order valence-corrected chi connectivity index (χ3v) is 5.15. The molecule has 0 spiro atoms. The van der Waals surface area contributed by atoms with Crippen LogP contribution in [-0.2, 0) is 13.0 Å². The number of aliphatic imine (C=N–C) groups is 1. The predicted molar refractivity (Wildman–Crippen MR) is 113 cm³/mol. The fourth-order valence-corrected chi connectivity index (χ4v) is 3.67. The molecule has 0 fully saturated rings. The quantitative estimate of drug-likeness (QED) is 0.495. The average Bonchev–Trinajstić information content (AvgIpc) is 3.38. The van der Waals surface area contributed by atoms with Gasteiger partial charge in [-0.3, -0.25) is 4.99 Å². The Kier molecular flexibility index (Phi) is 5.93. The lowest BCUT2D eigenvalue weighted by atomic mass is 10.1. The van der Waals surface area contributed by atoms with E-state index in [-0.39, 0.29) is 12.1 Å². The van der Waals surface area contributed by atoms with Gasteiger partial charge in [0.2, 0.25) is 0 Å². The SMILES string of the molecule is Cc1nc2n(n1)CCCC2NC(=NCCc1ccco1)NC(C)c1ccccc1. The maximum atomic E-state index is 5.43.